The third-order valence-electron chi connectivity index (χ3n) is 2.31. The number of nitrogens with zero attached hydrogens (tertiary/aromatic N) is 2. The molecule has 0 spiro atoms. The van der Waals surface area contributed by atoms with Crippen LogP contribution in [-0.2, 0) is 10.8 Å². The van der Waals surface area contributed by atoms with Gasteiger partial charge in [-0.15, -0.1) is 22.0 Å². The topological polar surface area (TPSA) is 42.9 Å². The zero-order valence-electron chi connectivity index (χ0n) is 9.58. The fraction of sp³-hybridized carbons (Fsp3) is 0.167. The summed E-state index contributed by atoms with van der Waals surface area (Å²) in [6.45, 7) is 0. The molecule has 0 saturated carbocycles. The second kappa shape index (κ2) is 5.42. The summed E-state index contributed by atoms with van der Waals surface area (Å²) in [5.41, 5.74) is 2.05. The highest BCUT2D eigenvalue weighted by atomic mass is 32.2. The van der Waals surface area contributed by atoms with Gasteiger partial charge in [0.05, 0.1) is 10.8 Å². The van der Waals surface area contributed by atoms with Crippen LogP contribution in [0.1, 0.15) is 0 Å². The van der Waals surface area contributed by atoms with Crippen molar-refractivity contribution in [3.05, 3.63) is 36.4 Å². The molecule has 17 heavy (non-hydrogen) atoms. The SMILES string of the molecule is CSc1nnc(S(C)=O)cc1-c1ccccc1. The molecule has 0 aliphatic rings. The van der Waals surface area contributed by atoms with Crippen molar-refractivity contribution in [2.24, 2.45) is 0 Å². The molecule has 0 amide bonds. The molecule has 2 aromatic rings. The van der Waals surface area contributed by atoms with Crippen LogP contribution in [0.2, 0.25) is 0 Å². The van der Waals surface area contributed by atoms with E-state index >= 15 is 0 Å². The first-order valence-corrected chi connectivity index (χ1v) is 7.81. The van der Waals surface area contributed by atoms with Crippen LogP contribution >= 0.6 is 11.8 Å². The summed E-state index contributed by atoms with van der Waals surface area (Å²) in [5.74, 6) is 0. The zero-order chi connectivity index (χ0) is 12.3. The third-order valence-corrected chi connectivity index (χ3v) is 3.79. The molecular weight excluding hydrogens is 252 g/mol. The summed E-state index contributed by atoms with van der Waals surface area (Å²) >= 11 is 1.54. The Labute approximate surface area is 107 Å². The van der Waals surface area contributed by atoms with Gasteiger partial charge in [-0.25, -0.2) is 0 Å². The van der Waals surface area contributed by atoms with E-state index in [-0.39, 0.29) is 0 Å². The summed E-state index contributed by atoms with van der Waals surface area (Å²) in [6.07, 6.45) is 3.57. The molecule has 1 unspecified atom stereocenters. The Hall–Kier alpha value is -1.20. The maximum Gasteiger partial charge on any atom is 0.150 e. The first-order valence-electron chi connectivity index (χ1n) is 5.03. The maximum atomic E-state index is 11.4. The molecule has 1 atom stereocenters. The van der Waals surface area contributed by atoms with Crippen molar-refractivity contribution in [2.75, 3.05) is 12.5 Å². The highest BCUT2D eigenvalue weighted by Gasteiger charge is 2.10. The van der Waals surface area contributed by atoms with Crippen LogP contribution < -0.4 is 0 Å². The number of hydrogen-bond donors (Lipinski definition) is 0. The summed E-state index contributed by atoms with van der Waals surface area (Å²) in [7, 11) is -1.11. The molecule has 2 rings (SSSR count). The average molecular weight is 264 g/mol. The molecule has 5 heteroatoms. The van der Waals surface area contributed by atoms with Crippen LogP contribution in [0.3, 0.4) is 0 Å². The summed E-state index contributed by atoms with van der Waals surface area (Å²) in [6, 6.07) is 11.8. The Kier molecular flexibility index (Phi) is 3.91. The van der Waals surface area contributed by atoms with Gasteiger partial charge in [0, 0.05) is 11.8 Å². The van der Waals surface area contributed by atoms with Gasteiger partial charge in [-0.05, 0) is 17.9 Å². The fourth-order valence-electron chi connectivity index (χ4n) is 1.48. The van der Waals surface area contributed by atoms with E-state index in [2.05, 4.69) is 10.2 Å². The smallest absolute Gasteiger partial charge is 0.150 e. The molecule has 1 aromatic heterocycles. The summed E-state index contributed by atoms with van der Waals surface area (Å²) in [4.78, 5) is 0. The number of benzene rings is 1. The molecule has 0 fully saturated rings. The highest BCUT2D eigenvalue weighted by Crippen LogP contribution is 2.28. The van der Waals surface area contributed by atoms with Crippen LogP contribution in [0, 0.1) is 0 Å². The molecule has 0 N–H and O–H groups in total. The van der Waals surface area contributed by atoms with E-state index in [9.17, 15) is 4.21 Å². The monoisotopic (exact) mass is 264 g/mol. The van der Waals surface area contributed by atoms with Gasteiger partial charge in [0.1, 0.15) is 10.1 Å². The normalized spacial score (nSPS) is 12.4. The van der Waals surface area contributed by atoms with E-state index in [1.807, 2.05) is 42.7 Å². The van der Waals surface area contributed by atoms with Crippen molar-refractivity contribution >= 4 is 22.6 Å². The fourth-order valence-corrected chi connectivity index (χ4v) is 2.44. The average Bonchev–Trinajstić information content (AvgIpc) is 2.39. The molecule has 0 saturated heterocycles. The minimum Gasteiger partial charge on any atom is -0.253 e. The van der Waals surface area contributed by atoms with Crippen LogP contribution in [0.15, 0.2) is 46.5 Å². The molecule has 3 nitrogen and oxygen atoms in total. The van der Waals surface area contributed by atoms with Gasteiger partial charge in [0.25, 0.3) is 0 Å². The standard InChI is InChI=1S/C12H12N2OS2/c1-16-12-10(9-6-4-3-5-7-9)8-11(13-14-12)17(2)15/h3-8H,1-2H3. The predicted molar refractivity (Wildman–Crippen MR) is 71.6 cm³/mol. The van der Waals surface area contributed by atoms with E-state index in [0.717, 1.165) is 16.2 Å². The number of hydrogen-bond acceptors (Lipinski definition) is 4. The maximum absolute atomic E-state index is 11.4. The molecular formula is C12H12N2OS2. The Bertz CT molecular complexity index is 543. The molecule has 88 valence electrons. The van der Waals surface area contributed by atoms with Crippen molar-refractivity contribution in [1.29, 1.82) is 0 Å². The molecule has 1 heterocycles. The van der Waals surface area contributed by atoms with Gasteiger partial charge in [0.15, 0.2) is 0 Å². The van der Waals surface area contributed by atoms with Crippen molar-refractivity contribution < 1.29 is 4.21 Å². The van der Waals surface area contributed by atoms with E-state index in [4.69, 9.17) is 0 Å². The van der Waals surface area contributed by atoms with Crippen LogP contribution in [-0.4, -0.2) is 26.9 Å². The molecule has 1 aromatic carbocycles. The summed E-state index contributed by atoms with van der Waals surface area (Å²) < 4.78 is 11.4. The second-order valence-corrected chi connectivity index (χ2v) is 5.55. The predicted octanol–water partition coefficient (Wildman–Crippen LogP) is 2.60. The quantitative estimate of drug-likeness (QED) is 0.799. The van der Waals surface area contributed by atoms with Crippen molar-refractivity contribution in [3.63, 3.8) is 0 Å². The van der Waals surface area contributed by atoms with Crippen LogP contribution in [0.25, 0.3) is 11.1 Å². The zero-order valence-corrected chi connectivity index (χ0v) is 11.2. The Balaban J connectivity index is 2.58. The second-order valence-electron chi connectivity index (χ2n) is 3.43. The molecule has 0 aliphatic carbocycles. The van der Waals surface area contributed by atoms with Crippen LogP contribution in [0.4, 0.5) is 0 Å². The third kappa shape index (κ3) is 2.73. The Morgan fingerprint density at radius 2 is 1.88 bits per heavy atom. The first kappa shape index (κ1) is 12.3. The molecule has 0 bridgehead atoms. The largest absolute Gasteiger partial charge is 0.253 e. The van der Waals surface area contributed by atoms with Gasteiger partial charge in [-0.1, -0.05) is 30.3 Å². The highest BCUT2D eigenvalue weighted by molar-refractivity contribution is 7.98. The lowest BCUT2D eigenvalue weighted by Gasteiger charge is -2.06. The molecule has 0 radical (unpaired) electrons. The minimum absolute atomic E-state index is 0.515. The number of thioether (sulfide) groups is 1. The lowest BCUT2D eigenvalue weighted by atomic mass is 10.1. The lowest BCUT2D eigenvalue weighted by molar-refractivity contribution is 0.680. The van der Waals surface area contributed by atoms with Gasteiger partial charge in [0.2, 0.25) is 0 Å². The van der Waals surface area contributed by atoms with Gasteiger partial charge < -0.3 is 0 Å². The number of rotatable bonds is 3. The lowest BCUT2D eigenvalue weighted by Crippen LogP contribution is -1.98. The van der Waals surface area contributed by atoms with Crippen molar-refractivity contribution in [2.45, 2.75) is 10.1 Å². The molecule has 0 aliphatic heterocycles. The van der Waals surface area contributed by atoms with Crippen molar-refractivity contribution in [1.82, 2.24) is 10.2 Å². The van der Waals surface area contributed by atoms with E-state index < -0.39 is 10.8 Å². The van der Waals surface area contributed by atoms with Crippen LogP contribution in [0.5, 0.6) is 0 Å². The van der Waals surface area contributed by atoms with E-state index in [0.29, 0.717) is 5.03 Å². The van der Waals surface area contributed by atoms with E-state index in [1.165, 1.54) is 11.8 Å². The van der Waals surface area contributed by atoms with Gasteiger partial charge in [-0.2, -0.15) is 0 Å². The minimum atomic E-state index is -1.11. The van der Waals surface area contributed by atoms with Gasteiger partial charge in [-0.3, -0.25) is 4.21 Å². The van der Waals surface area contributed by atoms with E-state index in [1.54, 1.807) is 6.26 Å². The van der Waals surface area contributed by atoms with Gasteiger partial charge >= 0.3 is 0 Å². The number of aromatic nitrogens is 2. The Morgan fingerprint density at radius 1 is 1.18 bits per heavy atom. The first-order chi connectivity index (χ1) is 8.22. The Morgan fingerprint density at radius 3 is 2.47 bits per heavy atom. The summed E-state index contributed by atoms with van der Waals surface area (Å²) in [5, 5.41) is 9.45. The van der Waals surface area contributed by atoms with Crippen molar-refractivity contribution in [3.8, 4) is 11.1 Å².